The van der Waals surface area contributed by atoms with Crippen LogP contribution in [0.2, 0.25) is 0 Å². The van der Waals surface area contributed by atoms with Gasteiger partial charge in [-0.2, -0.15) is 17.9 Å². The Bertz CT molecular complexity index is 2220. The summed E-state index contributed by atoms with van der Waals surface area (Å²) in [6.45, 7) is 2.39. The number of sulfonamides is 1. The number of rotatable bonds is 21. The molecule has 12 atom stereocenters. The van der Waals surface area contributed by atoms with Crippen LogP contribution >= 0.6 is 12.2 Å². The lowest BCUT2D eigenvalue weighted by Crippen LogP contribution is -2.69. The summed E-state index contributed by atoms with van der Waals surface area (Å²) < 4.78 is 89.8. The van der Waals surface area contributed by atoms with Crippen LogP contribution in [0.15, 0.2) is 42.3 Å². The molecular weight excluding hydrogens is 933 g/mol. The molecule has 1 heterocycles. The van der Waals surface area contributed by atoms with Crippen LogP contribution in [0.4, 0.5) is 17.6 Å². The van der Waals surface area contributed by atoms with Crippen molar-refractivity contribution in [2.75, 3.05) is 26.3 Å². The van der Waals surface area contributed by atoms with E-state index in [1.54, 1.807) is 13.8 Å². The molecule has 3 fully saturated rings. The van der Waals surface area contributed by atoms with E-state index in [0.29, 0.717) is 17.6 Å². The third-order valence-corrected chi connectivity index (χ3v) is 15.8. The molecule has 67 heavy (non-hydrogen) atoms. The number of H-pyrrole nitrogens is 1. The number of nitrogens with two attached hydrogens (primary N) is 1. The summed E-state index contributed by atoms with van der Waals surface area (Å²) in [4.78, 5) is 56.4. The van der Waals surface area contributed by atoms with Crippen LogP contribution in [0.25, 0.3) is 0 Å². The summed E-state index contributed by atoms with van der Waals surface area (Å²) in [7, 11) is -6.06. The average molecular weight is 993 g/mol. The number of allylic oxidation sites excluding steroid dienone is 4. The van der Waals surface area contributed by atoms with Crippen molar-refractivity contribution in [3.05, 3.63) is 47.8 Å². The Labute approximate surface area is 390 Å². The highest BCUT2D eigenvalue weighted by molar-refractivity contribution is 7.90. The van der Waals surface area contributed by atoms with E-state index in [2.05, 4.69) is 26.3 Å². The monoisotopic (exact) mass is 992 g/mol. The van der Waals surface area contributed by atoms with Gasteiger partial charge in [0.2, 0.25) is 17.6 Å². The van der Waals surface area contributed by atoms with Crippen LogP contribution in [0.3, 0.4) is 0 Å². The number of aliphatic hydroxyl groups excluding tert-OH is 4. The largest absolute Gasteiger partial charge is 0.511 e. The number of carbonyl (C=O) groups is 4. The van der Waals surface area contributed by atoms with E-state index in [4.69, 9.17) is 28.1 Å². The van der Waals surface area contributed by atoms with Gasteiger partial charge in [-0.15, -0.1) is 0 Å². The summed E-state index contributed by atoms with van der Waals surface area (Å²) in [5, 5.41) is 60.5. The van der Waals surface area contributed by atoms with Crippen LogP contribution < -0.4 is 31.7 Å². The zero-order chi connectivity index (χ0) is 49.9. The first-order valence-electron chi connectivity index (χ1n) is 21.8. The highest BCUT2D eigenvalue weighted by Crippen LogP contribution is 2.70. The van der Waals surface area contributed by atoms with Gasteiger partial charge in [0.15, 0.2) is 28.1 Å². The molecule has 0 aliphatic heterocycles. The molecule has 0 aromatic carbocycles. The first-order chi connectivity index (χ1) is 31.2. The quantitative estimate of drug-likeness (QED) is 0.0253. The molecule has 13 N–H and O–H groups in total. The minimum Gasteiger partial charge on any atom is -0.470 e. The third kappa shape index (κ3) is 10.6. The number of fused-ring (bicyclic) bond motifs is 5. The molecule has 5 rings (SSSR count). The predicted molar refractivity (Wildman–Crippen MR) is 237 cm³/mol. The van der Waals surface area contributed by atoms with E-state index < -0.39 is 129 Å². The van der Waals surface area contributed by atoms with Gasteiger partial charge in [-0.1, -0.05) is 18.6 Å². The van der Waals surface area contributed by atoms with Crippen LogP contribution in [0.5, 0.6) is 0 Å². The van der Waals surface area contributed by atoms with E-state index in [1.807, 2.05) is 0 Å². The van der Waals surface area contributed by atoms with Crippen molar-refractivity contribution in [3.63, 3.8) is 0 Å². The molecule has 25 heteroatoms. The normalized spacial score (nSPS) is 30.3. The lowest BCUT2D eigenvalue weighted by atomic mass is 9.44. The summed E-state index contributed by atoms with van der Waals surface area (Å²) in [6, 6.07) is -4.61. The highest BCUT2D eigenvalue weighted by atomic mass is 32.2. The number of ketones is 2. The molecule has 1 aromatic rings. The molecule has 0 bridgehead atoms. The Morgan fingerprint density at radius 2 is 1.79 bits per heavy atom. The van der Waals surface area contributed by atoms with Gasteiger partial charge in [0.05, 0.1) is 30.9 Å². The van der Waals surface area contributed by atoms with Crippen LogP contribution in [-0.2, 0) is 40.4 Å². The second-order valence-corrected chi connectivity index (χ2v) is 20.3. The molecule has 0 saturated heterocycles. The molecular formula is C42H60F4N8O11S2. The number of guanidine groups is 1. The number of thiocarbonyl (C=S) groups is 1. The fraction of sp³-hybridized carbons (Fsp3) is 0.667. The van der Waals surface area contributed by atoms with Gasteiger partial charge in [-0.3, -0.25) is 24.6 Å². The molecule has 2 amide bonds. The van der Waals surface area contributed by atoms with Crippen LogP contribution in [0.1, 0.15) is 71.3 Å². The van der Waals surface area contributed by atoms with Gasteiger partial charge < -0.3 is 57.1 Å². The van der Waals surface area contributed by atoms with Gasteiger partial charge >= 0.3 is 15.5 Å². The van der Waals surface area contributed by atoms with Crippen molar-refractivity contribution in [1.29, 1.82) is 5.41 Å². The standard InChI is InChI=1S/C42H60F4N8O11S2/c1-22(57)30(53-35(62)29(15-23-10-14-49-18-23)52-34(61)28(5-4-13-50-37(47)48)54-67(63,64)42(44,45)46)19-51-31(20-55)36(66)65-40(33(60)21-56)12-9-26-27-7-6-24-16-25(58)8-11-38(24,2)41(27,43)32(59)17-39(26,40)3/h8,10-11,14,16,18,22,26-32,49,51,54-57,59H,4-7,9,12-13,15,17,19-21H2,1-3H3,(H,52,61)(H,53,62)(H4,47,48,50)/t22-,26-,27-,28+,29?,30+,31+,32-,38-,39-,40-,41-/m0/s1. The Hall–Kier alpha value is -4.37. The first kappa shape index (κ1) is 53.6. The summed E-state index contributed by atoms with van der Waals surface area (Å²) in [5.41, 5.74) is -6.28. The topological polar surface area (TPSA) is 318 Å². The molecule has 0 spiro atoms. The maximum atomic E-state index is 17.8. The minimum atomic E-state index is -6.06. The van der Waals surface area contributed by atoms with Gasteiger partial charge in [0.1, 0.15) is 18.7 Å². The van der Waals surface area contributed by atoms with Crippen molar-refractivity contribution in [1.82, 2.24) is 31.0 Å². The molecule has 1 unspecified atom stereocenters. The van der Waals surface area contributed by atoms with Gasteiger partial charge in [-0.05, 0) is 101 Å². The number of hydrogen-bond acceptors (Lipinski definition) is 14. The van der Waals surface area contributed by atoms with E-state index in [-0.39, 0.29) is 62.4 Å². The second-order valence-electron chi connectivity index (χ2n) is 18.2. The lowest BCUT2D eigenvalue weighted by molar-refractivity contribution is -0.215. The molecule has 4 aliphatic rings. The van der Waals surface area contributed by atoms with Gasteiger partial charge in [0, 0.05) is 48.7 Å². The van der Waals surface area contributed by atoms with Crippen LogP contribution in [0, 0.1) is 28.1 Å². The first-order valence-corrected chi connectivity index (χ1v) is 23.7. The average Bonchev–Trinajstić information content (AvgIpc) is 3.86. The molecule has 0 radical (unpaired) electrons. The number of halogens is 4. The minimum absolute atomic E-state index is 0.0344. The molecule has 1 aromatic heterocycles. The Morgan fingerprint density at radius 1 is 1.10 bits per heavy atom. The number of carbonyl (C=O) groups excluding carboxylic acids is 4. The van der Waals surface area contributed by atoms with Crippen molar-refractivity contribution in [2.24, 2.45) is 28.4 Å². The van der Waals surface area contributed by atoms with Crippen molar-refractivity contribution in [2.45, 2.75) is 125 Å². The number of aromatic amines is 1. The van der Waals surface area contributed by atoms with Gasteiger partial charge in [0.25, 0.3) is 0 Å². The maximum absolute atomic E-state index is 17.8. The second kappa shape index (κ2) is 20.7. The number of Topliss-reactive ketones (excluding diaryl/α,β-unsaturated/α-hetero) is 1. The van der Waals surface area contributed by atoms with Crippen LogP contribution in [-0.4, -0.2) is 148 Å². The number of alkyl halides is 4. The smallest absolute Gasteiger partial charge is 0.470 e. The molecule has 19 nitrogen and oxygen atoms in total. The number of ether oxygens (including phenoxy) is 1. The number of hydrogen-bond donors (Lipinski definition) is 12. The Kier molecular flexibility index (Phi) is 16.6. The molecule has 374 valence electrons. The summed E-state index contributed by atoms with van der Waals surface area (Å²) in [6.07, 6.45) is 3.74. The molecule has 4 aliphatic carbocycles. The van der Waals surface area contributed by atoms with E-state index in [0.717, 1.165) is 0 Å². The highest BCUT2D eigenvalue weighted by Gasteiger charge is 2.75. The SMILES string of the molecule is C[C@H](O)[C@@H](CN[C@H](CO)C(=S)O[C@]1(C(=O)CO)CC[C@H]2[C@@H]3CCC4=CC(=O)C=C[C@]4(C)[C@@]3(F)[C@@H](O)C[C@@]21C)NC(=O)C(Cc1cc[nH]c1)NC(=O)[C@@H](CCCNC(=N)N)NS(=O)(=O)C(F)(F)F. The summed E-state index contributed by atoms with van der Waals surface area (Å²) >= 11 is 5.66. The van der Waals surface area contributed by atoms with Gasteiger partial charge in [-0.25, -0.2) is 12.8 Å². The lowest BCUT2D eigenvalue weighted by Gasteiger charge is -2.62. The number of nitrogens with one attached hydrogen (secondary N) is 7. The Morgan fingerprint density at radius 3 is 2.39 bits per heavy atom. The van der Waals surface area contributed by atoms with E-state index in [9.17, 15) is 61.2 Å². The fourth-order valence-corrected chi connectivity index (χ4v) is 11.6. The zero-order valence-electron chi connectivity index (χ0n) is 37.1. The van der Waals surface area contributed by atoms with Crippen molar-refractivity contribution in [3.8, 4) is 0 Å². The number of aromatic nitrogens is 1. The third-order valence-electron chi connectivity index (χ3n) is 14.2. The van der Waals surface area contributed by atoms with E-state index in [1.165, 1.54) is 48.3 Å². The summed E-state index contributed by atoms with van der Waals surface area (Å²) in [5.74, 6) is -5.19. The Balaban J connectivity index is 1.32. The number of aliphatic hydroxyl groups is 4. The number of amides is 2. The maximum Gasteiger partial charge on any atom is 0.511 e. The van der Waals surface area contributed by atoms with E-state index >= 15 is 4.39 Å². The molecule has 3 saturated carbocycles. The zero-order valence-corrected chi connectivity index (χ0v) is 38.8. The fourth-order valence-electron chi connectivity index (χ4n) is 10.6. The van der Waals surface area contributed by atoms with Crippen molar-refractivity contribution >= 4 is 56.6 Å². The van der Waals surface area contributed by atoms with Crippen molar-refractivity contribution < 1.29 is 70.3 Å². The predicted octanol–water partition coefficient (Wildman–Crippen LogP) is -0.0558.